The van der Waals surface area contributed by atoms with E-state index in [0.29, 0.717) is 5.56 Å². The number of carbonyl (C=O) groups is 1. The van der Waals surface area contributed by atoms with Crippen LogP contribution in [-0.4, -0.2) is 21.5 Å². The summed E-state index contributed by atoms with van der Waals surface area (Å²) < 4.78 is 0. The molecule has 1 aromatic rings. The maximum atomic E-state index is 11.2. The zero-order chi connectivity index (χ0) is 13.9. The first kappa shape index (κ1) is 14.1. The lowest BCUT2D eigenvalue weighted by molar-refractivity contribution is -0.384. The van der Waals surface area contributed by atoms with Gasteiger partial charge in [0.1, 0.15) is 5.54 Å². The molecule has 0 bridgehead atoms. The highest BCUT2D eigenvalue weighted by Gasteiger charge is 2.37. The van der Waals surface area contributed by atoms with Gasteiger partial charge < -0.3 is 10.8 Å². The number of rotatable bonds is 5. The number of aliphatic carboxylic acids is 1. The molecule has 1 aromatic carbocycles. The molecule has 1 atom stereocenters. The summed E-state index contributed by atoms with van der Waals surface area (Å²) in [6.07, 6.45) is 0.137. The van der Waals surface area contributed by atoms with E-state index in [1.807, 2.05) is 0 Å². The lowest BCUT2D eigenvalue weighted by atomic mass is 9.82. The third-order valence-electron chi connectivity index (χ3n) is 3.07. The van der Waals surface area contributed by atoms with E-state index in [-0.39, 0.29) is 18.0 Å². The Morgan fingerprint density at radius 1 is 1.44 bits per heavy atom. The Kier molecular flexibility index (Phi) is 4.03. The summed E-state index contributed by atoms with van der Waals surface area (Å²) in [5, 5.41) is 19.7. The quantitative estimate of drug-likeness (QED) is 0.611. The van der Waals surface area contributed by atoms with Crippen molar-refractivity contribution in [2.75, 3.05) is 0 Å². The molecule has 0 aliphatic carbocycles. The molecule has 0 aliphatic rings. The summed E-state index contributed by atoms with van der Waals surface area (Å²) in [5.41, 5.74) is 5.15. The van der Waals surface area contributed by atoms with Crippen molar-refractivity contribution in [1.29, 1.82) is 0 Å². The fourth-order valence-corrected chi connectivity index (χ4v) is 1.60. The van der Waals surface area contributed by atoms with E-state index in [9.17, 15) is 20.0 Å². The van der Waals surface area contributed by atoms with Crippen molar-refractivity contribution in [1.82, 2.24) is 0 Å². The second kappa shape index (κ2) is 5.14. The van der Waals surface area contributed by atoms with Crippen LogP contribution in [-0.2, 0) is 11.2 Å². The molecule has 0 heterocycles. The molecule has 1 rings (SSSR count). The highest BCUT2D eigenvalue weighted by Crippen LogP contribution is 2.22. The Balaban J connectivity index is 2.95. The number of benzene rings is 1. The van der Waals surface area contributed by atoms with Gasteiger partial charge in [-0.05, 0) is 11.5 Å². The van der Waals surface area contributed by atoms with Gasteiger partial charge in [-0.25, -0.2) is 0 Å². The van der Waals surface area contributed by atoms with Crippen molar-refractivity contribution in [3.05, 3.63) is 39.9 Å². The highest BCUT2D eigenvalue weighted by molar-refractivity contribution is 5.79. The Labute approximate surface area is 105 Å². The van der Waals surface area contributed by atoms with E-state index in [1.165, 1.54) is 24.3 Å². The van der Waals surface area contributed by atoms with Gasteiger partial charge in [0.15, 0.2) is 0 Å². The van der Waals surface area contributed by atoms with Crippen LogP contribution in [0.2, 0.25) is 0 Å². The van der Waals surface area contributed by atoms with Crippen molar-refractivity contribution < 1.29 is 14.8 Å². The van der Waals surface area contributed by atoms with Crippen LogP contribution in [0.5, 0.6) is 0 Å². The van der Waals surface area contributed by atoms with E-state index >= 15 is 0 Å². The van der Waals surface area contributed by atoms with Crippen LogP contribution in [0.25, 0.3) is 0 Å². The molecule has 3 N–H and O–H groups in total. The van der Waals surface area contributed by atoms with E-state index in [4.69, 9.17) is 5.73 Å². The number of hydrogen-bond donors (Lipinski definition) is 2. The molecule has 0 saturated carbocycles. The number of nitrogens with two attached hydrogens (primary N) is 1. The van der Waals surface area contributed by atoms with Crippen LogP contribution < -0.4 is 5.73 Å². The van der Waals surface area contributed by atoms with Crippen molar-refractivity contribution >= 4 is 11.7 Å². The first-order valence-corrected chi connectivity index (χ1v) is 5.53. The van der Waals surface area contributed by atoms with Gasteiger partial charge in [0.2, 0.25) is 0 Å². The van der Waals surface area contributed by atoms with Crippen LogP contribution in [0.4, 0.5) is 5.69 Å². The lowest BCUT2D eigenvalue weighted by Gasteiger charge is -2.28. The van der Waals surface area contributed by atoms with Gasteiger partial charge in [-0.15, -0.1) is 0 Å². The third-order valence-corrected chi connectivity index (χ3v) is 3.07. The van der Waals surface area contributed by atoms with Crippen LogP contribution in [0, 0.1) is 16.0 Å². The average molecular weight is 252 g/mol. The average Bonchev–Trinajstić information content (AvgIpc) is 2.29. The Bertz CT molecular complexity index is 456. The predicted molar refractivity (Wildman–Crippen MR) is 66.2 cm³/mol. The van der Waals surface area contributed by atoms with E-state index in [2.05, 4.69) is 0 Å². The first-order valence-electron chi connectivity index (χ1n) is 5.53. The zero-order valence-corrected chi connectivity index (χ0v) is 10.3. The fraction of sp³-hybridized carbons (Fsp3) is 0.417. The molecule has 0 amide bonds. The minimum absolute atomic E-state index is 0.0266. The molecule has 1 unspecified atom stereocenters. The molecule has 98 valence electrons. The van der Waals surface area contributed by atoms with Crippen molar-refractivity contribution in [2.24, 2.45) is 11.7 Å². The molecule has 0 spiro atoms. The summed E-state index contributed by atoms with van der Waals surface area (Å²) in [6.45, 7) is 3.47. The monoisotopic (exact) mass is 252 g/mol. The summed E-state index contributed by atoms with van der Waals surface area (Å²) in [7, 11) is 0. The largest absolute Gasteiger partial charge is 0.480 e. The van der Waals surface area contributed by atoms with Crippen LogP contribution in [0.1, 0.15) is 19.4 Å². The molecule has 0 saturated heterocycles. The summed E-state index contributed by atoms with van der Waals surface area (Å²) in [4.78, 5) is 21.2. The standard InChI is InChI=1S/C12H16N2O4/c1-8(2)12(13,11(15)16)7-9-3-5-10(6-4-9)14(17)18/h3-6,8H,7,13H2,1-2H3,(H,15,16). The lowest BCUT2D eigenvalue weighted by Crippen LogP contribution is -2.54. The van der Waals surface area contributed by atoms with E-state index in [0.717, 1.165) is 0 Å². The van der Waals surface area contributed by atoms with E-state index < -0.39 is 16.4 Å². The molecule has 0 fully saturated rings. The molecular weight excluding hydrogens is 236 g/mol. The van der Waals surface area contributed by atoms with Gasteiger partial charge in [-0.1, -0.05) is 26.0 Å². The third kappa shape index (κ3) is 2.84. The number of nitro groups is 1. The van der Waals surface area contributed by atoms with Crippen LogP contribution >= 0.6 is 0 Å². The molecule has 6 heteroatoms. The smallest absolute Gasteiger partial charge is 0.324 e. The second-order valence-corrected chi connectivity index (χ2v) is 4.60. The first-order chi connectivity index (χ1) is 8.27. The summed E-state index contributed by atoms with van der Waals surface area (Å²) in [6, 6.07) is 5.76. The molecule has 0 aromatic heterocycles. The van der Waals surface area contributed by atoms with Crippen molar-refractivity contribution in [3.8, 4) is 0 Å². The SMILES string of the molecule is CC(C)C(N)(Cc1ccc([N+](=O)[O-])cc1)C(=O)O. The van der Waals surface area contributed by atoms with Gasteiger partial charge in [0.05, 0.1) is 4.92 Å². The van der Waals surface area contributed by atoms with Gasteiger partial charge in [-0.2, -0.15) is 0 Å². The molecular formula is C12H16N2O4. The zero-order valence-electron chi connectivity index (χ0n) is 10.3. The van der Waals surface area contributed by atoms with Crippen LogP contribution in [0.3, 0.4) is 0 Å². The molecule has 0 aliphatic heterocycles. The molecule has 6 nitrogen and oxygen atoms in total. The van der Waals surface area contributed by atoms with Crippen molar-refractivity contribution in [3.63, 3.8) is 0 Å². The van der Waals surface area contributed by atoms with Gasteiger partial charge in [-0.3, -0.25) is 14.9 Å². The Morgan fingerprint density at radius 3 is 2.28 bits per heavy atom. The highest BCUT2D eigenvalue weighted by atomic mass is 16.6. The van der Waals surface area contributed by atoms with Gasteiger partial charge in [0, 0.05) is 18.6 Å². The normalized spacial score (nSPS) is 14.2. The Morgan fingerprint density at radius 2 is 1.94 bits per heavy atom. The minimum Gasteiger partial charge on any atom is -0.480 e. The van der Waals surface area contributed by atoms with E-state index in [1.54, 1.807) is 13.8 Å². The number of nitro benzene ring substituents is 1. The maximum Gasteiger partial charge on any atom is 0.324 e. The predicted octanol–water partition coefficient (Wildman–Crippen LogP) is 1.58. The topological polar surface area (TPSA) is 106 Å². The van der Waals surface area contributed by atoms with Crippen LogP contribution in [0.15, 0.2) is 24.3 Å². The fourth-order valence-electron chi connectivity index (χ4n) is 1.60. The molecule has 18 heavy (non-hydrogen) atoms. The van der Waals surface area contributed by atoms with Crippen molar-refractivity contribution in [2.45, 2.75) is 25.8 Å². The maximum absolute atomic E-state index is 11.2. The minimum atomic E-state index is -1.36. The molecule has 0 radical (unpaired) electrons. The second-order valence-electron chi connectivity index (χ2n) is 4.60. The van der Waals surface area contributed by atoms with Gasteiger partial charge >= 0.3 is 5.97 Å². The number of carboxylic acid groups (broad SMARTS) is 1. The summed E-state index contributed by atoms with van der Waals surface area (Å²) in [5.74, 6) is -1.32. The Hall–Kier alpha value is -1.95. The van der Waals surface area contributed by atoms with Gasteiger partial charge in [0.25, 0.3) is 5.69 Å². The number of nitrogens with zero attached hydrogens (tertiary/aromatic N) is 1. The number of carboxylic acids is 1. The number of hydrogen-bond acceptors (Lipinski definition) is 4. The number of non-ortho nitro benzene ring substituents is 1. The summed E-state index contributed by atoms with van der Waals surface area (Å²) >= 11 is 0.